The third kappa shape index (κ3) is 2.53. The van der Waals surface area contributed by atoms with E-state index < -0.39 is 5.97 Å². The zero-order chi connectivity index (χ0) is 13.1. The Morgan fingerprint density at radius 2 is 2.06 bits per heavy atom. The summed E-state index contributed by atoms with van der Waals surface area (Å²) in [6.45, 7) is 3.76. The number of pyridine rings is 1. The topological polar surface area (TPSA) is 79.2 Å². The lowest BCUT2D eigenvalue weighted by molar-refractivity contribution is -0.135. The molecule has 0 aliphatic carbocycles. The Hall–Kier alpha value is -2.24. The molecule has 18 heavy (non-hydrogen) atoms. The first-order valence-corrected chi connectivity index (χ1v) is 5.64. The number of nitrogens with zero attached hydrogens (tertiary/aromatic N) is 4. The molecule has 2 heterocycles. The van der Waals surface area contributed by atoms with Crippen molar-refractivity contribution in [2.75, 3.05) is 11.4 Å². The number of carboxylic acid groups (broad SMARTS) is 1. The number of aliphatic carboxylic acids is 1. The summed E-state index contributed by atoms with van der Waals surface area (Å²) in [5, 5.41) is 8.91. The molecule has 0 saturated heterocycles. The summed E-state index contributed by atoms with van der Waals surface area (Å²) in [5.41, 5.74) is 1.21. The van der Waals surface area contributed by atoms with Crippen molar-refractivity contribution in [3.8, 4) is 0 Å². The molecule has 0 fully saturated rings. The van der Waals surface area contributed by atoms with Crippen molar-refractivity contribution in [1.29, 1.82) is 0 Å². The van der Waals surface area contributed by atoms with E-state index in [0.717, 1.165) is 0 Å². The van der Waals surface area contributed by atoms with Crippen LogP contribution in [0.15, 0.2) is 24.5 Å². The molecule has 0 unspecified atom stereocenters. The van der Waals surface area contributed by atoms with E-state index >= 15 is 0 Å². The SMILES string of the molecule is CC(C)N(CC(=O)O)c1ccc2nccnc2n1. The van der Waals surface area contributed by atoms with Crippen LogP contribution in [-0.2, 0) is 4.79 Å². The van der Waals surface area contributed by atoms with Gasteiger partial charge in [0.15, 0.2) is 5.65 Å². The van der Waals surface area contributed by atoms with Gasteiger partial charge in [-0.15, -0.1) is 0 Å². The zero-order valence-corrected chi connectivity index (χ0v) is 10.2. The van der Waals surface area contributed by atoms with Gasteiger partial charge in [-0.25, -0.2) is 9.97 Å². The van der Waals surface area contributed by atoms with Crippen LogP contribution in [0.2, 0.25) is 0 Å². The largest absolute Gasteiger partial charge is 0.480 e. The molecule has 0 radical (unpaired) electrons. The van der Waals surface area contributed by atoms with Crippen LogP contribution < -0.4 is 4.90 Å². The Bertz CT molecular complexity index is 571. The van der Waals surface area contributed by atoms with Crippen LogP contribution in [0.25, 0.3) is 11.2 Å². The maximum absolute atomic E-state index is 10.9. The summed E-state index contributed by atoms with van der Waals surface area (Å²) in [5.74, 6) is -0.287. The van der Waals surface area contributed by atoms with Crippen LogP contribution >= 0.6 is 0 Å². The molecule has 2 aromatic rings. The van der Waals surface area contributed by atoms with Gasteiger partial charge >= 0.3 is 5.97 Å². The molecular weight excluding hydrogens is 232 g/mol. The second-order valence-corrected chi connectivity index (χ2v) is 4.18. The first kappa shape index (κ1) is 12.2. The number of rotatable bonds is 4. The van der Waals surface area contributed by atoms with Crippen LogP contribution in [-0.4, -0.2) is 38.6 Å². The molecule has 2 rings (SSSR count). The zero-order valence-electron chi connectivity index (χ0n) is 10.2. The van der Waals surface area contributed by atoms with Crippen molar-refractivity contribution in [3.05, 3.63) is 24.5 Å². The van der Waals surface area contributed by atoms with Crippen molar-refractivity contribution in [3.63, 3.8) is 0 Å². The summed E-state index contributed by atoms with van der Waals surface area (Å²) in [6.07, 6.45) is 3.16. The average molecular weight is 246 g/mol. The molecule has 6 nitrogen and oxygen atoms in total. The summed E-state index contributed by atoms with van der Waals surface area (Å²) in [4.78, 5) is 25.1. The fourth-order valence-electron chi connectivity index (χ4n) is 1.68. The second kappa shape index (κ2) is 4.95. The van der Waals surface area contributed by atoms with Gasteiger partial charge in [0.2, 0.25) is 0 Å². The standard InChI is InChI=1S/C12H14N4O2/c1-8(2)16(7-11(17)18)10-4-3-9-12(15-10)14-6-5-13-9/h3-6,8H,7H2,1-2H3,(H,17,18). The molecule has 0 aliphatic rings. The molecule has 1 N–H and O–H groups in total. The van der Waals surface area contributed by atoms with Gasteiger partial charge in [-0.1, -0.05) is 0 Å². The van der Waals surface area contributed by atoms with E-state index in [2.05, 4.69) is 15.0 Å². The predicted octanol–water partition coefficient (Wildman–Crippen LogP) is 1.32. The van der Waals surface area contributed by atoms with E-state index in [9.17, 15) is 4.79 Å². The number of anilines is 1. The molecule has 0 aliphatic heterocycles. The number of carboxylic acids is 1. The molecule has 0 spiro atoms. The molecule has 0 aromatic carbocycles. The van der Waals surface area contributed by atoms with Gasteiger partial charge in [0.1, 0.15) is 17.9 Å². The normalized spacial score (nSPS) is 10.8. The highest BCUT2D eigenvalue weighted by molar-refractivity contribution is 5.76. The van der Waals surface area contributed by atoms with Crippen molar-refractivity contribution in [1.82, 2.24) is 15.0 Å². The van der Waals surface area contributed by atoms with E-state index in [0.29, 0.717) is 17.0 Å². The average Bonchev–Trinajstić information content (AvgIpc) is 2.35. The Kier molecular flexibility index (Phi) is 3.36. The Labute approximate surface area is 104 Å². The summed E-state index contributed by atoms with van der Waals surface area (Å²) >= 11 is 0. The van der Waals surface area contributed by atoms with Gasteiger partial charge in [0.25, 0.3) is 0 Å². The fourth-order valence-corrected chi connectivity index (χ4v) is 1.68. The maximum Gasteiger partial charge on any atom is 0.323 e. The van der Waals surface area contributed by atoms with Crippen molar-refractivity contribution >= 4 is 23.0 Å². The molecule has 0 atom stereocenters. The number of hydrogen-bond acceptors (Lipinski definition) is 5. The first-order chi connectivity index (χ1) is 8.58. The van der Waals surface area contributed by atoms with E-state index in [1.807, 2.05) is 13.8 Å². The van der Waals surface area contributed by atoms with Gasteiger partial charge < -0.3 is 10.0 Å². The third-order valence-electron chi connectivity index (χ3n) is 2.54. The van der Waals surface area contributed by atoms with Crippen LogP contribution in [0, 0.1) is 0 Å². The molecule has 0 bridgehead atoms. The summed E-state index contributed by atoms with van der Waals surface area (Å²) in [6, 6.07) is 3.60. The lowest BCUT2D eigenvalue weighted by Gasteiger charge is -2.25. The van der Waals surface area contributed by atoms with Gasteiger partial charge in [-0.05, 0) is 26.0 Å². The van der Waals surface area contributed by atoms with Gasteiger partial charge in [0, 0.05) is 18.4 Å². The van der Waals surface area contributed by atoms with E-state index in [1.165, 1.54) is 0 Å². The lowest BCUT2D eigenvalue weighted by Crippen LogP contribution is -2.36. The molecule has 0 amide bonds. The van der Waals surface area contributed by atoms with Crippen LogP contribution in [0.4, 0.5) is 5.82 Å². The minimum Gasteiger partial charge on any atom is -0.480 e. The Balaban J connectivity index is 2.41. The maximum atomic E-state index is 10.9. The van der Waals surface area contributed by atoms with Crippen LogP contribution in [0.3, 0.4) is 0 Å². The van der Waals surface area contributed by atoms with Gasteiger partial charge in [0.05, 0.1) is 0 Å². The van der Waals surface area contributed by atoms with Crippen molar-refractivity contribution in [2.45, 2.75) is 19.9 Å². The smallest absolute Gasteiger partial charge is 0.323 e. The number of hydrogen-bond donors (Lipinski definition) is 1. The monoisotopic (exact) mass is 246 g/mol. The second-order valence-electron chi connectivity index (χ2n) is 4.18. The minimum atomic E-state index is -0.884. The van der Waals surface area contributed by atoms with E-state index in [4.69, 9.17) is 5.11 Å². The molecule has 94 valence electrons. The fraction of sp³-hybridized carbons (Fsp3) is 0.333. The molecule has 0 saturated carbocycles. The molecular formula is C12H14N4O2. The van der Waals surface area contributed by atoms with E-state index in [-0.39, 0.29) is 12.6 Å². The Morgan fingerprint density at radius 3 is 2.72 bits per heavy atom. The lowest BCUT2D eigenvalue weighted by atomic mass is 10.3. The van der Waals surface area contributed by atoms with Crippen LogP contribution in [0.1, 0.15) is 13.8 Å². The van der Waals surface area contributed by atoms with Crippen molar-refractivity contribution in [2.24, 2.45) is 0 Å². The molecule has 6 heteroatoms. The number of fused-ring (bicyclic) bond motifs is 1. The van der Waals surface area contributed by atoms with Crippen LogP contribution in [0.5, 0.6) is 0 Å². The highest BCUT2D eigenvalue weighted by Crippen LogP contribution is 2.16. The predicted molar refractivity (Wildman–Crippen MR) is 67.5 cm³/mol. The van der Waals surface area contributed by atoms with Gasteiger partial charge in [-0.3, -0.25) is 9.78 Å². The van der Waals surface area contributed by atoms with E-state index in [1.54, 1.807) is 29.4 Å². The third-order valence-corrected chi connectivity index (χ3v) is 2.54. The molecule has 2 aromatic heterocycles. The quantitative estimate of drug-likeness (QED) is 0.876. The highest BCUT2D eigenvalue weighted by Gasteiger charge is 2.15. The number of carbonyl (C=O) groups is 1. The van der Waals surface area contributed by atoms with Crippen molar-refractivity contribution < 1.29 is 9.90 Å². The minimum absolute atomic E-state index is 0.0442. The summed E-state index contributed by atoms with van der Waals surface area (Å²) in [7, 11) is 0. The van der Waals surface area contributed by atoms with Gasteiger partial charge in [-0.2, -0.15) is 0 Å². The highest BCUT2D eigenvalue weighted by atomic mass is 16.4. The number of aromatic nitrogens is 3. The first-order valence-electron chi connectivity index (χ1n) is 5.64. The summed E-state index contributed by atoms with van der Waals surface area (Å²) < 4.78 is 0. The Morgan fingerprint density at radius 1 is 1.33 bits per heavy atom.